The van der Waals surface area contributed by atoms with Gasteiger partial charge in [0.25, 0.3) is 5.91 Å². The number of nitriles is 1. The Morgan fingerprint density at radius 1 is 1.20 bits per heavy atom. The summed E-state index contributed by atoms with van der Waals surface area (Å²) in [6, 6.07) is 14.7. The van der Waals surface area contributed by atoms with Gasteiger partial charge in [-0.25, -0.2) is 0 Å². The minimum Gasteiger partial charge on any atom is -0.482 e. The zero-order valence-electron chi connectivity index (χ0n) is 13.5. The van der Waals surface area contributed by atoms with Gasteiger partial charge in [0.2, 0.25) is 0 Å². The largest absolute Gasteiger partial charge is 0.482 e. The van der Waals surface area contributed by atoms with Crippen LogP contribution in [-0.2, 0) is 11.3 Å². The number of halogens is 2. The maximum atomic E-state index is 12.1. The Balaban J connectivity index is 1.89. The lowest BCUT2D eigenvalue weighted by atomic mass is 10.2. The normalized spacial score (nSPS) is 10.2. The summed E-state index contributed by atoms with van der Waals surface area (Å²) in [7, 11) is 1.60. The number of carbonyl (C=O) groups excluding carboxylic acids is 1. The SMILES string of the molecule is CN(Cc1ccc(OC(F)F)cc1)C(=O)COc1ccccc1C#N. The Labute approximate surface area is 144 Å². The summed E-state index contributed by atoms with van der Waals surface area (Å²) in [6.07, 6.45) is 0. The summed E-state index contributed by atoms with van der Waals surface area (Å²) in [5.41, 5.74) is 1.11. The maximum Gasteiger partial charge on any atom is 0.387 e. The van der Waals surface area contributed by atoms with Crippen LogP contribution in [0.1, 0.15) is 11.1 Å². The van der Waals surface area contributed by atoms with Crippen molar-refractivity contribution in [2.45, 2.75) is 13.2 Å². The number of nitrogens with zero attached hydrogens (tertiary/aromatic N) is 2. The van der Waals surface area contributed by atoms with E-state index in [2.05, 4.69) is 4.74 Å². The van der Waals surface area contributed by atoms with Gasteiger partial charge in [0.1, 0.15) is 17.6 Å². The molecule has 0 radical (unpaired) electrons. The average molecular weight is 346 g/mol. The van der Waals surface area contributed by atoms with Crippen LogP contribution in [0.4, 0.5) is 8.78 Å². The van der Waals surface area contributed by atoms with Crippen LogP contribution < -0.4 is 9.47 Å². The van der Waals surface area contributed by atoms with Gasteiger partial charge in [-0.15, -0.1) is 0 Å². The number of hydrogen-bond acceptors (Lipinski definition) is 4. The molecule has 0 bridgehead atoms. The second kappa shape index (κ2) is 8.64. The lowest BCUT2D eigenvalue weighted by Gasteiger charge is -2.18. The van der Waals surface area contributed by atoms with E-state index in [1.54, 1.807) is 43.4 Å². The van der Waals surface area contributed by atoms with Crippen LogP contribution in [-0.4, -0.2) is 31.1 Å². The Morgan fingerprint density at radius 2 is 1.88 bits per heavy atom. The standard InChI is InChI=1S/C18H16F2N2O3/c1-22(11-13-6-8-15(9-7-13)25-18(19)20)17(23)12-24-16-5-3-2-4-14(16)10-21/h2-9,18H,11-12H2,1H3. The highest BCUT2D eigenvalue weighted by Crippen LogP contribution is 2.17. The summed E-state index contributed by atoms with van der Waals surface area (Å²) < 4.78 is 33.9. The molecule has 0 saturated carbocycles. The van der Waals surface area contributed by atoms with Crippen molar-refractivity contribution in [3.8, 4) is 17.6 Å². The van der Waals surface area contributed by atoms with Crippen molar-refractivity contribution in [2.24, 2.45) is 0 Å². The first-order valence-corrected chi connectivity index (χ1v) is 7.39. The van der Waals surface area contributed by atoms with Crippen LogP contribution in [0.15, 0.2) is 48.5 Å². The second-order valence-electron chi connectivity index (χ2n) is 5.17. The van der Waals surface area contributed by atoms with E-state index in [0.717, 1.165) is 5.56 Å². The lowest BCUT2D eigenvalue weighted by molar-refractivity contribution is -0.132. The molecule has 0 N–H and O–H groups in total. The molecule has 0 aliphatic carbocycles. The van der Waals surface area contributed by atoms with E-state index in [0.29, 0.717) is 11.3 Å². The summed E-state index contributed by atoms with van der Waals surface area (Å²) in [4.78, 5) is 13.6. The third kappa shape index (κ3) is 5.46. The molecule has 5 nitrogen and oxygen atoms in total. The third-order valence-corrected chi connectivity index (χ3v) is 3.35. The zero-order chi connectivity index (χ0) is 18.2. The van der Waals surface area contributed by atoms with Crippen molar-refractivity contribution >= 4 is 5.91 Å². The number of benzene rings is 2. The molecule has 0 fully saturated rings. The smallest absolute Gasteiger partial charge is 0.387 e. The highest BCUT2D eigenvalue weighted by molar-refractivity contribution is 5.77. The summed E-state index contributed by atoms with van der Waals surface area (Å²) in [6.45, 7) is -2.79. The number of para-hydroxylation sites is 1. The van der Waals surface area contributed by atoms with Gasteiger partial charge in [0, 0.05) is 13.6 Å². The monoisotopic (exact) mass is 346 g/mol. The predicted molar refractivity (Wildman–Crippen MR) is 86.2 cm³/mol. The maximum absolute atomic E-state index is 12.1. The zero-order valence-corrected chi connectivity index (χ0v) is 13.5. The Bertz CT molecular complexity index is 758. The highest BCUT2D eigenvalue weighted by Gasteiger charge is 2.12. The van der Waals surface area contributed by atoms with Crippen molar-refractivity contribution in [3.63, 3.8) is 0 Å². The van der Waals surface area contributed by atoms with Crippen molar-refractivity contribution in [2.75, 3.05) is 13.7 Å². The number of likely N-dealkylation sites (N-methyl/N-ethyl adjacent to an activating group) is 1. The molecule has 0 saturated heterocycles. The van der Waals surface area contributed by atoms with Crippen molar-refractivity contribution in [1.29, 1.82) is 5.26 Å². The van der Waals surface area contributed by atoms with Gasteiger partial charge in [-0.05, 0) is 29.8 Å². The van der Waals surface area contributed by atoms with E-state index in [9.17, 15) is 13.6 Å². The predicted octanol–water partition coefficient (Wildman–Crippen LogP) is 3.20. The molecule has 7 heteroatoms. The first-order chi connectivity index (χ1) is 12.0. The van der Waals surface area contributed by atoms with Gasteiger partial charge in [-0.1, -0.05) is 24.3 Å². The van der Waals surface area contributed by atoms with Gasteiger partial charge >= 0.3 is 6.61 Å². The molecule has 0 aliphatic rings. The van der Waals surface area contributed by atoms with Crippen LogP contribution in [0.5, 0.6) is 11.5 Å². The molecule has 0 unspecified atom stereocenters. The van der Waals surface area contributed by atoms with Crippen LogP contribution in [0.3, 0.4) is 0 Å². The van der Waals surface area contributed by atoms with Gasteiger partial charge < -0.3 is 14.4 Å². The minimum atomic E-state index is -2.87. The van der Waals surface area contributed by atoms with E-state index in [1.165, 1.54) is 17.0 Å². The number of amides is 1. The number of ether oxygens (including phenoxy) is 2. The summed E-state index contributed by atoms with van der Waals surface area (Å²) >= 11 is 0. The molecule has 0 aromatic heterocycles. The van der Waals surface area contributed by atoms with Gasteiger partial charge in [0.05, 0.1) is 5.56 Å². The molecule has 2 aromatic carbocycles. The molecule has 0 spiro atoms. The van der Waals surface area contributed by atoms with Gasteiger partial charge in [-0.2, -0.15) is 14.0 Å². The van der Waals surface area contributed by atoms with Crippen molar-refractivity contribution in [3.05, 3.63) is 59.7 Å². The van der Waals surface area contributed by atoms with Crippen LogP contribution in [0.2, 0.25) is 0 Å². The lowest BCUT2D eigenvalue weighted by Crippen LogP contribution is -2.31. The van der Waals surface area contributed by atoms with E-state index >= 15 is 0 Å². The molecule has 2 rings (SSSR count). The van der Waals surface area contributed by atoms with Gasteiger partial charge in [-0.3, -0.25) is 4.79 Å². The van der Waals surface area contributed by atoms with Gasteiger partial charge in [0.15, 0.2) is 6.61 Å². The number of carbonyl (C=O) groups is 1. The molecule has 1 amide bonds. The third-order valence-electron chi connectivity index (χ3n) is 3.35. The molecule has 0 atom stereocenters. The topological polar surface area (TPSA) is 62.6 Å². The van der Waals surface area contributed by atoms with E-state index in [1.807, 2.05) is 6.07 Å². The molecule has 2 aromatic rings. The number of hydrogen-bond donors (Lipinski definition) is 0. The van der Waals surface area contributed by atoms with Crippen LogP contribution in [0.25, 0.3) is 0 Å². The fourth-order valence-corrected chi connectivity index (χ4v) is 2.07. The fourth-order valence-electron chi connectivity index (χ4n) is 2.07. The quantitative estimate of drug-likeness (QED) is 0.772. The van der Waals surface area contributed by atoms with Crippen molar-refractivity contribution < 1.29 is 23.0 Å². The summed E-state index contributed by atoms with van der Waals surface area (Å²) in [5.74, 6) is 0.130. The molecule has 0 heterocycles. The molecule has 0 aliphatic heterocycles. The molecular formula is C18H16F2N2O3. The highest BCUT2D eigenvalue weighted by atomic mass is 19.3. The number of rotatable bonds is 7. The van der Waals surface area contributed by atoms with E-state index in [4.69, 9.17) is 10.00 Å². The van der Waals surface area contributed by atoms with E-state index in [-0.39, 0.29) is 24.8 Å². The average Bonchev–Trinajstić information content (AvgIpc) is 2.61. The van der Waals surface area contributed by atoms with Crippen LogP contribution >= 0.6 is 0 Å². The van der Waals surface area contributed by atoms with Crippen molar-refractivity contribution in [1.82, 2.24) is 4.90 Å². The van der Waals surface area contributed by atoms with Crippen LogP contribution in [0, 0.1) is 11.3 Å². The molecule has 25 heavy (non-hydrogen) atoms. The first kappa shape index (κ1) is 18.2. The first-order valence-electron chi connectivity index (χ1n) is 7.39. The second-order valence-corrected chi connectivity index (χ2v) is 5.17. The minimum absolute atomic E-state index is 0.0594. The summed E-state index contributed by atoms with van der Waals surface area (Å²) in [5, 5.41) is 8.98. The fraction of sp³-hybridized carbons (Fsp3) is 0.222. The Kier molecular flexibility index (Phi) is 6.29. The molecule has 130 valence electrons. The Morgan fingerprint density at radius 3 is 2.52 bits per heavy atom. The molecular weight excluding hydrogens is 330 g/mol. The van der Waals surface area contributed by atoms with E-state index < -0.39 is 6.61 Å². The Hall–Kier alpha value is -3.14. The number of alkyl halides is 2.